The molecule has 0 atom stereocenters. The second kappa shape index (κ2) is 9.71. The number of nitrogens with zero attached hydrogens (tertiary/aromatic N) is 1. The van der Waals surface area contributed by atoms with Crippen LogP contribution in [-0.4, -0.2) is 36.1 Å². The molecule has 0 aliphatic carbocycles. The highest BCUT2D eigenvalue weighted by atomic mass is 32.2. The molecule has 0 aromatic heterocycles. The van der Waals surface area contributed by atoms with Crippen molar-refractivity contribution in [1.82, 2.24) is 9.62 Å². The van der Waals surface area contributed by atoms with E-state index >= 15 is 0 Å². The lowest BCUT2D eigenvalue weighted by atomic mass is 10.1. The number of hydrogen-bond donors (Lipinski definition) is 1. The predicted molar refractivity (Wildman–Crippen MR) is 107 cm³/mol. The van der Waals surface area contributed by atoms with Crippen molar-refractivity contribution in [2.45, 2.75) is 40.6 Å². The van der Waals surface area contributed by atoms with Crippen LogP contribution in [0.15, 0.2) is 64.4 Å². The molecule has 2 aromatic carbocycles. The van der Waals surface area contributed by atoms with Crippen molar-refractivity contribution in [2.75, 3.05) is 13.1 Å². The third kappa shape index (κ3) is 6.18. The second-order valence-corrected chi connectivity index (χ2v) is 8.49. The number of halogens is 3. The van der Waals surface area contributed by atoms with Crippen LogP contribution in [0.25, 0.3) is 0 Å². The van der Waals surface area contributed by atoms with Crippen molar-refractivity contribution in [1.29, 1.82) is 0 Å². The van der Waals surface area contributed by atoms with Crippen LogP contribution in [0.4, 0.5) is 13.2 Å². The third-order valence-corrected chi connectivity index (χ3v) is 6.48. The fraction of sp³-hybridized carbons (Fsp3) is 0.350. The number of benzene rings is 2. The largest absolute Gasteiger partial charge is 0.471 e. The summed E-state index contributed by atoms with van der Waals surface area (Å²) in [6.07, 6.45) is -3.76. The highest BCUT2D eigenvalue weighted by Crippen LogP contribution is 2.27. The Morgan fingerprint density at radius 3 is 2.21 bits per heavy atom. The zero-order valence-electron chi connectivity index (χ0n) is 15.1. The van der Waals surface area contributed by atoms with Gasteiger partial charge in [-0.15, -0.1) is 11.8 Å². The minimum atomic E-state index is -4.78. The molecule has 0 spiro atoms. The molecule has 1 N–H and O–H groups in total. The summed E-state index contributed by atoms with van der Waals surface area (Å²) in [5.74, 6) is -0.817. The molecule has 1 saturated heterocycles. The van der Waals surface area contributed by atoms with Gasteiger partial charge >= 0.3 is 12.1 Å². The molecule has 0 radical (unpaired) electrons. The van der Waals surface area contributed by atoms with Gasteiger partial charge in [0.05, 0.1) is 0 Å². The Hall–Kier alpha value is -1.64. The maximum absolute atomic E-state index is 12.5. The first-order valence-corrected chi connectivity index (χ1v) is 10.8. The van der Waals surface area contributed by atoms with Crippen LogP contribution in [-0.2, 0) is 10.5 Å². The standard InChI is InChI=1S/C20H21F3N2OS2/c21-20(22,23)19(26)25-12-10-16(11-13-25)24-28-18-8-6-17(7-9-18)27-14-15-4-2-1-3-5-15/h1-9,16,24H,10-14H2. The lowest BCUT2D eigenvalue weighted by Gasteiger charge is -2.32. The van der Waals surface area contributed by atoms with E-state index in [4.69, 9.17) is 0 Å². The van der Waals surface area contributed by atoms with Crippen LogP contribution < -0.4 is 4.72 Å². The van der Waals surface area contributed by atoms with Crippen molar-refractivity contribution in [3.63, 3.8) is 0 Å². The van der Waals surface area contributed by atoms with Crippen LogP contribution in [0.5, 0.6) is 0 Å². The Morgan fingerprint density at radius 1 is 1.00 bits per heavy atom. The molecule has 8 heteroatoms. The van der Waals surface area contributed by atoms with E-state index in [2.05, 4.69) is 29.0 Å². The lowest BCUT2D eigenvalue weighted by molar-refractivity contribution is -0.186. The summed E-state index contributed by atoms with van der Waals surface area (Å²) >= 11 is 3.25. The predicted octanol–water partition coefficient (Wildman–Crippen LogP) is 5.13. The SMILES string of the molecule is O=C(N1CCC(NSc2ccc(SCc3ccccc3)cc2)CC1)C(F)(F)F. The Bertz CT molecular complexity index is 761. The number of alkyl halides is 3. The molecule has 1 heterocycles. The molecule has 3 nitrogen and oxygen atoms in total. The number of piperidine rings is 1. The number of nitrogens with one attached hydrogen (secondary N) is 1. The van der Waals surface area contributed by atoms with Gasteiger partial charge in [-0.2, -0.15) is 13.2 Å². The van der Waals surface area contributed by atoms with Crippen molar-refractivity contribution in [3.8, 4) is 0 Å². The average molecular weight is 427 g/mol. The monoisotopic (exact) mass is 426 g/mol. The van der Waals surface area contributed by atoms with Crippen LogP contribution in [0.3, 0.4) is 0 Å². The number of carbonyl (C=O) groups is 1. The Kier molecular flexibility index (Phi) is 7.31. The van der Waals surface area contributed by atoms with Gasteiger partial charge in [0.15, 0.2) is 0 Å². The van der Waals surface area contributed by atoms with Gasteiger partial charge in [-0.3, -0.25) is 9.52 Å². The topological polar surface area (TPSA) is 32.3 Å². The average Bonchev–Trinajstić information content (AvgIpc) is 2.71. The summed E-state index contributed by atoms with van der Waals surface area (Å²) in [6.45, 7) is 0.261. The highest BCUT2D eigenvalue weighted by molar-refractivity contribution is 7.98. The first-order chi connectivity index (χ1) is 13.4. The zero-order chi connectivity index (χ0) is 20.0. The minimum absolute atomic E-state index is 0.0921. The molecule has 0 saturated carbocycles. The molecule has 1 aliphatic rings. The maximum Gasteiger partial charge on any atom is 0.471 e. The van der Waals surface area contributed by atoms with Crippen LogP contribution in [0.2, 0.25) is 0 Å². The molecule has 2 aromatic rings. The van der Waals surface area contributed by atoms with Crippen molar-refractivity contribution in [3.05, 3.63) is 60.2 Å². The molecular formula is C20H21F3N2OS2. The van der Waals surface area contributed by atoms with Crippen LogP contribution in [0, 0.1) is 0 Å². The van der Waals surface area contributed by atoms with E-state index in [9.17, 15) is 18.0 Å². The van der Waals surface area contributed by atoms with E-state index in [0.717, 1.165) is 15.5 Å². The number of amides is 1. The van der Waals surface area contributed by atoms with Gasteiger partial charge in [-0.1, -0.05) is 30.3 Å². The summed E-state index contributed by atoms with van der Waals surface area (Å²) in [5.41, 5.74) is 1.28. The van der Waals surface area contributed by atoms with Gasteiger partial charge in [0.2, 0.25) is 0 Å². The van der Waals surface area contributed by atoms with E-state index in [1.165, 1.54) is 22.4 Å². The van der Waals surface area contributed by atoms with E-state index in [1.54, 1.807) is 11.8 Å². The second-order valence-electron chi connectivity index (χ2n) is 6.53. The van der Waals surface area contributed by atoms with E-state index in [-0.39, 0.29) is 19.1 Å². The maximum atomic E-state index is 12.5. The van der Waals surface area contributed by atoms with Gasteiger partial charge in [-0.25, -0.2) is 0 Å². The number of carbonyl (C=O) groups excluding carboxylic acids is 1. The van der Waals surface area contributed by atoms with E-state index in [0.29, 0.717) is 12.8 Å². The van der Waals surface area contributed by atoms with Crippen LogP contribution in [0.1, 0.15) is 18.4 Å². The normalized spacial score (nSPS) is 15.6. The van der Waals surface area contributed by atoms with E-state index < -0.39 is 12.1 Å². The van der Waals surface area contributed by atoms with E-state index in [1.807, 2.05) is 30.3 Å². The molecule has 28 heavy (non-hydrogen) atoms. The summed E-state index contributed by atoms with van der Waals surface area (Å²) < 4.78 is 40.7. The summed E-state index contributed by atoms with van der Waals surface area (Å²) in [4.78, 5) is 14.4. The molecular weight excluding hydrogens is 405 g/mol. The molecule has 1 amide bonds. The Labute approximate surface area is 171 Å². The Balaban J connectivity index is 1.40. The first-order valence-electron chi connectivity index (χ1n) is 8.97. The number of thioether (sulfide) groups is 1. The Morgan fingerprint density at radius 2 is 1.61 bits per heavy atom. The number of hydrogen-bond acceptors (Lipinski definition) is 4. The summed E-state index contributed by atoms with van der Waals surface area (Å²) in [6, 6.07) is 18.6. The smallest absolute Gasteiger partial charge is 0.335 e. The molecule has 150 valence electrons. The van der Waals surface area contributed by atoms with Crippen molar-refractivity contribution in [2.24, 2.45) is 0 Å². The lowest BCUT2D eigenvalue weighted by Crippen LogP contribution is -2.48. The zero-order valence-corrected chi connectivity index (χ0v) is 16.7. The fourth-order valence-electron chi connectivity index (χ4n) is 2.88. The minimum Gasteiger partial charge on any atom is -0.335 e. The summed E-state index contributed by atoms with van der Waals surface area (Å²) in [7, 11) is 0. The third-order valence-electron chi connectivity index (χ3n) is 4.44. The van der Waals surface area contributed by atoms with Gasteiger partial charge in [0, 0.05) is 34.7 Å². The number of rotatable bonds is 6. The van der Waals surface area contributed by atoms with Crippen LogP contribution >= 0.6 is 23.7 Å². The molecule has 3 rings (SSSR count). The fourth-order valence-corrected chi connectivity index (χ4v) is 4.54. The first kappa shape index (κ1) is 21.1. The molecule has 0 bridgehead atoms. The van der Waals surface area contributed by atoms with Gasteiger partial charge in [0.25, 0.3) is 0 Å². The van der Waals surface area contributed by atoms with Crippen molar-refractivity contribution < 1.29 is 18.0 Å². The highest BCUT2D eigenvalue weighted by Gasteiger charge is 2.43. The van der Waals surface area contributed by atoms with Gasteiger partial charge < -0.3 is 4.90 Å². The van der Waals surface area contributed by atoms with Gasteiger partial charge in [0.1, 0.15) is 0 Å². The molecule has 1 aliphatic heterocycles. The molecule has 1 fully saturated rings. The number of likely N-dealkylation sites (tertiary alicyclic amines) is 1. The summed E-state index contributed by atoms with van der Waals surface area (Å²) in [5, 5.41) is 0. The quantitative estimate of drug-likeness (QED) is 0.513. The van der Waals surface area contributed by atoms with Gasteiger partial charge in [-0.05, 0) is 54.6 Å². The van der Waals surface area contributed by atoms with Crippen molar-refractivity contribution >= 4 is 29.6 Å². The molecule has 0 unspecified atom stereocenters.